The number of benzene rings is 1. The first-order valence-corrected chi connectivity index (χ1v) is 8.84. The first kappa shape index (κ1) is 24.0. The van der Waals surface area contributed by atoms with E-state index in [1.165, 1.54) is 27.9 Å². The summed E-state index contributed by atoms with van der Waals surface area (Å²) in [7, 11) is 0. The smallest absolute Gasteiger partial charge is 0.0228 e. The molecule has 0 amide bonds. The molecule has 0 fully saturated rings. The van der Waals surface area contributed by atoms with Crippen LogP contribution < -0.4 is 0 Å². The van der Waals surface area contributed by atoms with Crippen LogP contribution in [-0.2, 0) is 0 Å². The Morgan fingerprint density at radius 2 is 1.04 bits per heavy atom. The van der Waals surface area contributed by atoms with E-state index in [2.05, 4.69) is 100 Å². The molecule has 0 aromatic heterocycles. The van der Waals surface area contributed by atoms with E-state index in [4.69, 9.17) is 0 Å². The molecule has 0 saturated carbocycles. The van der Waals surface area contributed by atoms with Gasteiger partial charge in [-0.1, -0.05) is 81.7 Å². The minimum Gasteiger partial charge on any atom is -0.0773 e. The zero-order valence-corrected chi connectivity index (χ0v) is 17.5. The molecule has 0 saturated heterocycles. The predicted molar refractivity (Wildman–Crippen MR) is 110 cm³/mol. The highest BCUT2D eigenvalue weighted by Gasteiger charge is 1.95. The molecule has 1 aromatic rings. The van der Waals surface area contributed by atoms with Gasteiger partial charge < -0.3 is 0 Å². The van der Waals surface area contributed by atoms with Crippen molar-refractivity contribution in [2.75, 3.05) is 0 Å². The molecule has 0 spiro atoms. The molecule has 0 aliphatic carbocycles. The van der Waals surface area contributed by atoms with E-state index in [9.17, 15) is 0 Å². The summed E-state index contributed by atoms with van der Waals surface area (Å²) in [5.41, 5.74) is 7.07. The van der Waals surface area contributed by atoms with Gasteiger partial charge in [0, 0.05) is 0 Å². The van der Waals surface area contributed by atoms with Crippen LogP contribution in [0, 0.1) is 11.8 Å². The van der Waals surface area contributed by atoms with Crippen LogP contribution in [-0.4, -0.2) is 0 Å². The second-order valence-corrected chi connectivity index (χ2v) is 7.56. The largest absolute Gasteiger partial charge is 0.0773 e. The normalized spacial score (nSPS) is 9.43. The number of hydrogen-bond acceptors (Lipinski definition) is 0. The van der Waals surface area contributed by atoms with Crippen LogP contribution in [0.3, 0.4) is 0 Å². The van der Waals surface area contributed by atoms with Crippen LogP contribution in [0.25, 0.3) is 5.57 Å². The molecule has 0 aliphatic heterocycles. The Hall–Kier alpha value is -1.30. The SMILES string of the molecule is CC(C)=C(C)C(C)C.CC(C)=C(C)c1ccccc1.CC(C)C. The minimum atomic E-state index is 0.722. The highest BCUT2D eigenvalue weighted by molar-refractivity contribution is 5.65. The average molecular weight is 317 g/mol. The molecule has 1 rings (SSSR count). The standard InChI is InChI=1S/C11H14.C8H16.C4H10/c1-9(2)10(3)11-7-5-4-6-8-11;1-6(2)8(5)7(3)4;1-4(2)3/h4-8H,1-3H3;6H,1-5H3;4H,1-3H3. The van der Waals surface area contributed by atoms with E-state index in [0.29, 0.717) is 0 Å². The molecule has 0 radical (unpaired) electrons. The van der Waals surface area contributed by atoms with Gasteiger partial charge in [0.1, 0.15) is 0 Å². The van der Waals surface area contributed by atoms with Crippen molar-refractivity contribution in [2.45, 2.75) is 76.2 Å². The first-order valence-electron chi connectivity index (χ1n) is 8.84. The summed E-state index contributed by atoms with van der Waals surface area (Å²) in [6.45, 7) is 23.9. The lowest BCUT2D eigenvalue weighted by Gasteiger charge is -2.05. The molecule has 0 atom stereocenters. The van der Waals surface area contributed by atoms with Gasteiger partial charge in [-0.3, -0.25) is 0 Å². The van der Waals surface area contributed by atoms with Crippen molar-refractivity contribution in [3.05, 3.63) is 52.6 Å². The van der Waals surface area contributed by atoms with Gasteiger partial charge in [0.2, 0.25) is 0 Å². The van der Waals surface area contributed by atoms with Crippen molar-refractivity contribution in [2.24, 2.45) is 11.8 Å². The maximum Gasteiger partial charge on any atom is -0.0228 e. The minimum absolute atomic E-state index is 0.722. The van der Waals surface area contributed by atoms with Crippen LogP contribution >= 0.6 is 0 Å². The topological polar surface area (TPSA) is 0 Å². The fourth-order valence-electron chi connectivity index (χ4n) is 1.55. The van der Waals surface area contributed by atoms with Crippen LogP contribution in [0.4, 0.5) is 0 Å². The van der Waals surface area contributed by atoms with Gasteiger partial charge in [-0.2, -0.15) is 0 Å². The second kappa shape index (κ2) is 13.2. The predicted octanol–water partition coefficient (Wildman–Crippen LogP) is 8.16. The Morgan fingerprint density at radius 1 is 0.652 bits per heavy atom. The molecular formula is C23H40. The van der Waals surface area contributed by atoms with E-state index in [1.807, 2.05) is 6.07 Å². The van der Waals surface area contributed by atoms with Gasteiger partial charge in [-0.25, -0.2) is 0 Å². The van der Waals surface area contributed by atoms with Crippen molar-refractivity contribution in [3.63, 3.8) is 0 Å². The molecule has 1 aromatic carbocycles. The van der Waals surface area contributed by atoms with Crippen LogP contribution in [0.5, 0.6) is 0 Å². The Bertz CT molecular complexity index is 459. The summed E-state index contributed by atoms with van der Waals surface area (Å²) in [6.07, 6.45) is 0. The molecule has 23 heavy (non-hydrogen) atoms. The number of allylic oxidation sites excluding steroid dienone is 4. The third kappa shape index (κ3) is 14.0. The molecule has 0 N–H and O–H groups in total. The molecular weight excluding hydrogens is 276 g/mol. The summed E-state index contributed by atoms with van der Waals surface area (Å²) < 4.78 is 0. The lowest BCUT2D eigenvalue weighted by Crippen LogP contribution is -1.89. The molecule has 0 heteroatoms. The van der Waals surface area contributed by atoms with E-state index in [1.54, 1.807) is 0 Å². The van der Waals surface area contributed by atoms with E-state index >= 15 is 0 Å². The quantitative estimate of drug-likeness (QED) is 0.483. The van der Waals surface area contributed by atoms with E-state index in [0.717, 1.165) is 11.8 Å². The third-order valence-corrected chi connectivity index (χ3v) is 3.61. The monoisotopic (exact) mass is 316 g/mol. The Morgan fingerprint density at radius 3 is 1.26 bits per heavy atom. The molecule has 0 heterocycles. The number of rotatable bonds is 2. The Labute approximate surface area is 146 Å². The van der Waals surface area contributed by atoms with Crippen LogP contribution in [0.1, 0.15) is 81.7 Å². The highest BCUT2D eigenvalue weighted by atomic mass is 14.0. The lowest BCUT2D eigenvalue weighted by molar-refractivity contribution is 0.737. The maximum absolute atomic E-state index is 2.22. The highest BCUT2D eigenvalue weighted by Crippen LogP contribution is 2.16. The van der Waals surface area contributed by atoms with Crippen molar-refractivity contribution < 1.29 is 0 Å². The van der Waals surface area contributed by atoms with Crippen molar-refractivity contribution in [3.8, 4) is 0 Å². The van der Waals surface area contributed by atoms with Gasteiger partial charge in [-0.15, -0.1) is 0 Å². The summed E-state index contributed by atoms with van der Waals surface area (Å²) in [5, 5.41) is 0. The average Bonchev–Trinajstić information content (AvgIpc) is 2.46. The van der Waals surface area contributed by atoms with Crippen LogP contribution in [0.2, 0.25) is 0 Å². The number of hydrogen-bond donors (Lipinski definition) is 0. The van der Waals surface area contributed by atoms with Gasteiger partial charge >= 0.3 is 0 Å². The first-order chi connectivity index (χ1) is 10.5. The molecule has 132 valence electrons. The molecule has 0 aliphatic rings. The zero-order valence-electron chi connectivity index (χ0n) is 17.5. The summed E-state index contributed by atoms with van der Waals surface area (Å²) in [6, 6.07) is 10.5. The van der Waals surface area contributed by atoms with E-state index in [-0.39, 0.29) is 0 Å². The Kier molecular flexibility index (Phi) is 13.7. The Balaban J connectivity index is 0. The van der Waals surface area contributed by atoms with Crippen molar-refractivity contribution in [1.82, 2.24) is 0 Å². The summed E-state index contributed by atoms with van der Waals surface area (Å²) in [4.78, 5) is 0. The molecule has 0 bridgehead atoms. The van der Waals surface area contributed by atoms with Crippen molar-refractivity contribution >= 4 is 5.57 Å². The van der Waals surface area contributed by atoms with Gasteiger partial charge in [0.15, 0.2) is 0 Å². The summed E-state index contributed by atoms with van der Waals surface area (Å²) >= 11 is 0. The third-order valence-electron chi connectivity index (χ3n) is 3.61. The maximum atomic E-state index is 2.22. The zero-order chi connectivity index (χ0) is 18.6. The molecule has 0 unspecified atom stereocenters. The second-order valence-electron chi connectivity index (χ2n) is 7.56. The van der Waals surface area contributed by atoms with Crippen molar-refractivity contribution in [1.29, 1.82) is 0 Å². The fraction of sp³-hybridized carbons (Fsp3) is 0.565. The van der Waals surface area contributed by atoms with E-state index < -0.39 is 0 Å². The fourth-order valence-corrected chi connectivity index (χ4v) is 1.55. The molecule has 0 nitrogen and oxygen atoms in total. The van der Waals surface area contributed by atoms with Gasteiger partial charge in [0.25, 0.3) is 0 Å². The van der Waals surface area contributed by atoms with Crippen LogP contribution in [0.15, 0.2) is 47.1 Å². The van der Waals surface area contributed by atoms with Gasteiger partial charge in [0.05, 0.1) is 0 Å². The lowest BCUT2D eigenvalue weighted by atomic mass is 10.0. The summed E-state index contributed by atoms with van der Waals surface area (Å²) in [5.74, 6) is 1.56. The van der Waals surface area contributed by atoms with Gasteiger partial charge in [-0.05, 0) is 64.5 Å².